The quantitative estimate of drug-likeness (QED) is 0.640. The zero-order valence-corrected chi connectivity index (χ0v) is 10.5. The van der Waals surface area contributed by atoms with Crippen LogP contribution in [0.5, 0.6) is 0 Å². The van der Waals surface area contributed by atoms with E-state index in [0.717, 1.165) is 16.4 Å². The lowest BCUT2D eigenvalue weighted by molar-refractivity contribution is 0.0537. The van der Waals surface area contributed by atoms with E-state index in [4.69, 9.17) is 10.5 Å². The van der Waals surface area contributed by atoms with Crippen molar-refractivity contribution in [2.75, 3.05) is 23.8 Å². The fourth-order valence-corrected chi connectivity index (χ4v) is 2.41. The molecule has 1 rings (SSSR count). The molecule has 15 heavy (non-hydrogen) atoms. The summed E-state index contributed by atoms with van der Waals surface area (Å²) in [6, 6.07) is 1.79. The van der Waals surface area contributed by atoms with Gasteiger partial charge >= 0.3 is 5.97 Å². The Labute approximate surface area is 98.0 Å². The number of hydrogen-bond acceptors (Lipinski definition) is 5. The Kier molecular flexibility index (Phi) is 4.98. The van der Waals surface area contributed by atoms with Crippen LogP contribution in [0.4, 0.5) is 5.69 Å². The highest BCUT2D eigenvalue weighted by atomic mass is 32.2. The Bertz CT molecular complexity index is 336. The van der Waals surface area contributed by atoms with Crippen molar-refractivity contribution in [1.82, 2.24) is 0 Å². The molecule has 0 saturated carbocycles. The minimum atomic E-state index is -0.303. The van der Waals surface area contributed by atoms with Gasteiger partial charge in [-0.05, 0) is 18.7 Å². The van der Waals surface area contributed by atoms with Crippen molar-refractivity contribution in [3.8, 4) is 0 Å². The average molecular weight is 245 g/mol. The van der Waals surface area contributed by atoms with Gasteiger partial charge in [0, 0.05) is 10.6 Å². The van der Waals surface area contributed by atoms with E-state index in [1.165, 1.54) is 11.3 Å². The van der Waals surface area contributed by atoms with Crippen LogP contribution in [-0.4, -0.2) is 24.1 Å². The highest BCUT2D eigenvalue weighted by Gasteiger charge is 2.13. The zero-order chi connectivity index (χ0) is 11.3. The van der Waals surface area contributed by atoms with E-state index in [0.29, 0.717) is 17.2 Å². The molecule has 1 heterocycles. The topological polar surface area (TPSA) is 52.3 Å². The summed E-state index contributed by atoms with van der Waals surface area (Å²) in [6.07, 6.45) is 0. The number of nitrogen functional groups attached to an aromatic ring is 1. The Hall–Kier alpha value is -0.680. The molecule has 0 radical (unpaired) electrons. The number of thiophene rings is 1. The second-order valence-corrected chi connectivity index (χ2v) is 5.62. The van der Waals surface area contributed by atoms with Crippen LogP contribution >= 0.6 is 23.1 Å². The van der Waals surface area contributed by atoms with Gasteiger partial charge in [0.05, 0.1) is 5.69 Å². The maximum atomic E-state index is 11.5. The molecule has 1 aromatic rings. The standard InChI is InChI=1S/C10H15NO2S2/c1-3-14-5-4-13-10(12)9-8(11)6-7(2)15-9/h6H,3-5,11H2,1-2H3. The lowest BCUT2D eigenvalue weighted by atomic mass is 10.4. The molecule has 0 bridgehead atoms. The van der Waals surface area contributed by atoms with Crippen LogP contribution in [0.2, 0.25) is 0 Å². The van der Waals surface area contributed by atoms with E-state index in [-0.39, 0.29) is 5.97 Å². The van der Waals surface area contributed by atoms with E-state index >= 15 is 0 Å². The third-order valence-corrected chi connectivity index (χ3v) is 3.64. The Morgan fingerprint density at radius 2 is 2.40 bits per heavy atom. The van der Waals surface area contributed by atoms with Gasteiger partial charge < -0.3 is 10.5 Å². The first-order valence-electron chi connectivity index (χ1n) is 4.76. The molecule has 0 aliphatic carbocycles. The van der Waals surface area contributed by atoms with Gasteiger partial charge in [-0.3, -0.25) is 0 Å². The lowest BCUT2D eigenvalue weighted by Gasteiger charge is -2.02. The number of thioether (sulfide) groups is 1. The first kappa shape index (κ1) is 12.4. The largest absolute Gasteiger partial charge is 0.461 e. The molecule has 5 heteroatoms. The summed E-state index contributed by atoms with van der Waals surface area (Å²) < 4.78 is 5.09. The van der Waals surface area contributed by atoms with Crippen molar-refractivity contribution >= 4 is 34.8 Å². The molecule has 0 amide bonds. The van der Waals surface area contributed by atoms with E-state index in [1.54, 1.807) is 17.8 Å². The smallest absolute Gasteiger partial charge is 0.350 e. The first-order valence-corrected chi connectivity index (χ1v) is 6.73. The normalized spacial score (nSPS) is 10.3. The summed E-state index contributed by atoms with van der Waals surface area (Å²) >= 11 is 3.13. The van der Waals surface area contributed by atoms with E-state index in [2.05, 4.69) is 6.92 Å². The van der Waals surface area contributed by atoms with Crippen molar-refractivity contribution in [1.29, 1.82) is 0 Å². The third-order valence-electron chi connectivity index (χ3n) is 1.73. The number of carbonyl (C=O) groups is 1. The summed E-state index contributed by atoms with van der Waals surface area (Å²) in [7, 11) is 0. The molecule has 3 nitrogen and oxygen atoms in total. The average Bonchev–Trinajstić information content (AvgIpc) is 2.52. The molecule has 0 aromatic carbocycles. The van der Waals surface area contributed by atoms with Crippen molar-refractivity contribution in [3.05, 3.63) is 15.8 Å². The molecule has 0 aliphatic heterocycles. The van der Waals surface area contributed by atoms with Crippen LogP contribution in [0.1, 0.15) is 21.5 Å². The molecule has 0 aliphatic rings. The molecular formula is C10H15NO2S2. The van der Waals surface area contributed by atoms with Gasteiger partial charge in [0.1, 0.15) is 11.5 Å². The minimum Gasteiger partial charge on any atom is -0.461 e. The number of aryl methyl sites for hydroxylation is 1. The van der Waals surface area contributed by atoms with Crippen molar-refractivity contribution in [2.24, 2.45) is 0 Å². The Balaban J connectivity index is 2.43. The fraction of sp³-hybridized carbons (Fsp3) is 0.500. The van der Waals surface area contributed by atoms with Crippen LogP contribution < -0.4 is 5.73 Å². The zero-order valence-electron chi connectivity index (χ0n) is 8.91. The van der Waals surface area contributed by atoms with Crippen LogP contribution in [0, 0.1) is 6.92 Å². The SMILES string of the molecule is CCSCCOC(=O)c1sc(C)cc1N. The summed E-state index contributed by atoms with van der Waals surface area (Å²) in [6.45, 7) is 4.45. The summed E-state index contributed by atoms with van der Waals surface area (Å²) in [5.74, 6) is 1.58. The van der Waals surface area contributed by atoms with E-state index in [9.17, 15) is 4.79 Å². The van der Waals surface area contributed by atoms with Gasteiger partial charge in [-0.2, -0.15) is 11.8 Å². The Morgan fingerprint density at radius 1 is 1.67 bits per heavy atom. The second-order valence-electron chi connectivity index (χ2n) is 2.97. The van der Waals surface area contributed by atoms with E-state index < -0.39 is 0 Å². The van der Waals surface area contributed by atoms with Gasteiger partial charge in [-0.1, -0.05) is 6.92 Å². The van der Waals surface area contributed by atoms with Crippen LogP contribution in [-0.2, 0) is 4.74 Å². The van der Waals surface area contributed by atoms with Crippen LogP contribution in [0.25, 0.3) is 0 Å². The maximum absolute atomic E-state index is 11.5. The van der Waals surface area contributed by atoms with Gasteiger partial charge in [0.25, 0.3) is 0 Å². The molecule has 0 spiro atoms. The van der Waals surface area contributed by atoms with E-state index in [1.807, 2.05) is 6.92 Å². The Morgan fingerprint density at radius 3 is 2.93 bits per heavy atom. The monoisotopic (exact) mass is 245 g/mol. The molecule has 1 aromatic heterocycles. The predicted octanol–water partition coefficient (Wildman–Crippen LogP) is 2.55. The van der Waals surface area contributed by atoms with Gasteiger partial charge in [0.15, 0.2) is 0 Å². The first-order chi connectivity index (χ1) is 7.15. The van der Waals surface area contributed by atoms with Crippen molar-refractivity contribution in [3.63, 3.8) is 0 Å². The maximum Gasteiger partial charge on any atom is 0.350 e. The number of rotatable bonds is 5. The summed E-state index contributed by atoms with van der Waals surface area (Å²) in [5, 5.41) is 0. The lowest BCUT2D eigenvalue weighted by Crippen LogP contribution is -2.08. The molecule has 2 N–H and O–H groups in total. The number of esters is 1. The van der Waals surface area contributed by atoms with Gasteiger partial charge in [-0.25, -0.2) is 4.79 Å². The van der Waals surface area contributed by atoms with Crippen molar-refractivity contribution in [2.45, 2.75) is 13.8 Å². The number of ether oxygens (including phenoxy) is 1. The molecule has 0 fully saturated rings. The molecule has 0 unspecified atom stereocenters. The third kappa shape index (κ3) is 3.76. The van der Waals surface area contributed by atoms with Gasteiger partial charge in [-0.15, -0.1) is 11.3 Å². The number of anilines is 1. The van der Waals surface area contributed by atoms with Gasteiger partial charge in [0.2, 0.25) is 0 Å². The van der Waals surface area contributed by atoms with Crippen LogP contribution in [0.3, 0.4) is 0 Å². The highest BCUT2D eigenvalue weighted by molar-refractivity contribution is 7.99. The second kappa shape index (κ2) is 6.02. The molecular weight excluding hydrogens is 230 g/mol. The minimum absolute atomic E-state index is 0.303. The summed E-state index contributed by atoms with van der Waals surface area (Å²) in [5.41, 5.74) is 6.20. The molecule has 0 saturated heterocycles. The molecule has 84 valence electrons. The highest BCUT2D eigenvalue weighted by Crippen LogP contribution is 2.24. The number of carbonyl (C=O) groups excluding carboxylic acids is 1. The summed E-state index contributed by atoms with van der Waals surface area (Å²) in [4.78, 5) is 13.1. The van der Waals surface area contributed by atoms with Crippen LogP contribution in [0.15, 0.2) is 6.07 Å². The van der Waals surface area contributed by atoms with Crippen molar-refractivity contribution < 1.29 is 9.53 Å². The number of hydrogen-bond donors (Lipinski definition) is 1. The fourth-order valence-electron chi connectivity index (χ4n) is 1.10. The molecule has 0 atom stereocenters. The number of nitrogens with two attached hydrogens (primary N) is 1. The predicted molar refractivity (Wildman–Crippen MR) is 66.7 cm³/mol.